The monoisotopic (exact) mass is 364 g/mol. The summed E-state index contributed by atoms with van der Waals surface area (Å²) in [6.07, 6.45) is 4.69. The Hall–Kier alpha value is -2.92. The number of hydrogen-bond acceptors (Lipinski definition) is 4. The summed E-state index contributed by atoms with van der Waals surface area (Å²) < 4.78 is 0. The third-order valence-corrected chi connectivity index (χ3v) is 4.64. The molecule has 0 saturated carbocycles. The zero-order chi connectivity index (χ0) is 19.2. The number of benzene rings is 2. The standard InChI is InChI=1S/C22H24N2O3/c1-16(25)23-19-7-2-17(3-8-19)4-11-22(27)18-5-9-20(10-6-18)24-14-12-21(26)13-15-24/h2-11,21,26H,12-15H2,1H3,(H,23,25). The second kappa shape index (κ2) is 8.64. The van der Waals surface area contributed by atoms with Crippen LogP contribution in [0.15, 0.2) is 54.6 Å². The van der Waals surface area contributed by atoms with Crippen molar-refractivity contribution in [2.24, 2.45) is 0 Å². The predicted octanol–water partition coefficient (Wildman–Crippen LogP) is 3.50. The molecule has 5 nitrogen and oxygen atoms in total. The maximum atomic E-state index is 12.4. The minimum absolute atomic E-state index is 0.0541. The zero-order valence-electron chi connectivity index (χ0n) is 15.4. The second-order valence-corrected chi connectivity index (χ2v) is 6.77. The van der Waals surface area contributed by atoms with Gasteiger partial charge in [-0.05, 0) is 60.9 Å². The Morgan fingerprint density at radius 3 is 2.26 bits per heavy atom. The van der Waals surface area contributed by atoms with Crippen LogP contribution in [0.3, 0.4) is 0 Å². The molecule has 3 rings (SSSR count). The van der Waals surface area contributed by atoms with Gasteiger partial charge in [-0.25, -0.2) is 0 Å². The first kappa shape index (κ1) is 18.9. The Morgan fingerprint density at radius 2 is 1.67 bits per heavy atom. The highest BCUT2D eigenvalue weighted by molar-refractivity contribution is 6.07. The quantitative estimate of drug-likeness (QED) is 0.629. The van der Waals surface area contributed by atoms with E-state index in [1.54, 1.807) is 24.3 Å². The molecule has 0 unspecified atom stereocenters. The lowest BCUT2D eigenvalue weighted by Gasteiger charge is -2.31. The molecule has 0 aliphatic carbocycles. The van der Waals surface area contributed by atoms with Crippen LogP contribution >= 0.6 is 0 Å². The van der Waals surface area contributed by atoms with E-state index in [9.17, 15) is 14.7 Å². The number of ketones is 1. The van der Waals surface area contributed by atoms with Crippen molar-refractivity contribution >= 4 is 29.1 Å². The number of amides is 1. The fourth-order valence-corrected chi connectivity index (χ4v) is 3.11. The molecule has 0 bridgehead atoms. The molecule has 1 aliphatic heterocycles. The van der Waals surface area contributed by atoms with Gasteiger partial charge in [-0.1, -0.05) is 18.2 Å². The van der Waals surface area contributed by atoms with E-state index < -0.39 is 0 Å². The van der Waals surface area contributed by atoms with Crippen molar-refractivity contribution in [3.05, 3.63) is 65.7 Å². The van der Waals surface area contributed by atoms with Crippen molar-refractivity contribution in [2.75, 3.05) is 23.3 Å². The van der Waals surface area contributed by atoms with Crippen molar-refractivity contribution in [1.82, 2.24) is 0 Å². The molecule has 1 saturated heterocycles. The molecule has 2 aromatic rings. The van der Waals surface area contributed by atoms with E-state index in [0.717, 1.165) is 42.9 Å². The molecule has 0 spiro atoms. The predicted molar refractivity (Wildman–Crippen MR) is 108 cm³/mol. The van der Waals surface area contributed by atoms with Crippen molar-refractivity contribution < 1.29 is 14.7 Å². The Morgan fingerprint density at radius 1 is 1.04 bits per heavy atom. The second-order valence-electron chi connectivity index (χ2n) is 6.77. The Labute approximate surface area is 159 Å². The lowest BCUT2D eigenvalue weighted by molar-refractivity contribution is -0.114. The van der Waals surface area contributed by atoms with Crippen LogP contribution in [0, 0.1) is 0 Å². The number of nitrogens with one attached hydrogen (secondary N) is 1. The molecule has 1 fully saturated rings. The first-order chi connectivity index (χ1) is 13.0. The summed E-state index contributed by atoms with van der Waals surface area (Å²) in [4.78, 5) is 25.6. The molecule has 1 aliphatic rings. The minimum atomic E-state index is -0.195. The highest BCUT2D eigenvalue weighted by Crippen LogP contribution is 2.21. The minimum Gasteiger partial charge on any atom is -0.393 e. The van der Waals surface area contributed by atoms with Gasteiger partial charge >= 0.3 is 0 Å². The van der Waals surface area contributed by atoms with Crippen LogP contribution in [0.2, 0.25) is 0 Å². The fraction of sp³-hybridized carbons (Fsp3) is 0.273. The van der Waals surface area contributed by atoms with E-state index in [-0.39, 0.29) is 17.8 Å². The van der Waals surface area contributed by atoms with E-state index in [1.165, 1.54) is 6.92 Å². The summed E-state index contributed by atoms with van der Waals surface area (Å²) in [7, 11) is 0. The van der Waals surface area contributed by atoms with Crippen LogP contribution in [0.25, 0.3) is 6.08 Å². The molecular weight excluding hydrogens is 340 g/mol. The van der Waals surface area contributed by atoms with E-state index >= 15 is 0 Å². The summed E-state index contributed by atoms with van der Waals surface area (Å²) in [5.74, 6) is -0.167. The molecular formula is C22H24N2O3. The number of carbonyl (C=O) groups is 2. The smallest absolute Gasteiger partial charge is 0.221 e. The summed E-state index contributed by atoms with van der Waals surface area (Å²) >= 11 is 0. The van der Waals surface area contributed by atoms with Gasteiger partial charge in [-0.15, -0.1) is 0 Å². The molecule has 0 radical (unpaired) electrons. The van der Waals surface area contributed by atoms with Gasteiger partial charge in [0, 0.05) is 37.0 Å². The highest BCUT2D eigenvalue weighted by Gasteiger charge is 2.17. The lowest BCUT2D eigenvalue weighted by atomic mass is 10.1. The van der Waals surface area contributed by atoms with E-state index in [4.69, 9.17) is 0 Å². The topological polar surface area (TPSA) is 69.6 Å². The molecule has 27 heavy (non-hydrogen) atoms. The van der Waals surface area contributed by atoms with Gasteiger partial charge in [0.2, 0.25) is 5.91 Å². The van der Waals surface area contributed by atoms with Gasteiger partial charge in [0.1, 0.15) is 0 Å². The largest absolute Gasteiger partial charge is 0.393 e. The fourth-order valence-electron chi connectivity index (χ4n) is 3.11. The number of anilines is 2. The van der Waals surface area contributed by atoms with Gasteiger partial charge in [-0.3, -0.25) is 9.59 Å². The number of aliphatic hydroxyl groups is 1. The van der Waals surface area contributed by atoms with E-state index in [0.29, 0.717) is 5.56 Å². The van der Waals surface area contributed by atoms with E-state index in [2.05, 4.69) is 10.2 Å². The van der Waals surface area contributed by atoms with Crippen LogP contribution in [0.4, 0.5) is 11.4 Å². The first-order valence-electron chi connectivity index (χ1n) is 9.14. The maximum Gasteiger partial charge on any atom is 0.221 e. The number of carbonyl (C=O) groups excluding carboxylic acids is 2. The van der Waals surface area contributed by atoms with Crippen molar-refractivity contribution in [3.63, 3.8) is 0 Å². The number of piperidine rings is 1. The molecule has 2 aromatic carbocycles. The van der Waals surface area contributed by atoms with Gasteiger partial charge in [-0.2, -0.15) is 0 Å². The van der Waals surface area contributed by atoms with Crippen LogP contribution in [0.5, 0.6) is 0 Å². The SMILES string of the molecule is CC(=O)Nc1ccc(C=CC(=O)c2ccc(N3CCC(O)CC3)cc2)cc1. The molecule has 0 atom stereocenters. The molecule has 2 N–H and O–H groups in total. The average molecular weight is 364 g/mol. The highest BCUT2D eigenvalue weighted by atomic mass is 16.3. The van der Waals surface area contributed by atoms with Gasteiger partial charge in [0.25, 0.3) is 0 Å². The van der Waals surface area contributed by atoms with Crippen molar-refractivity contribution in [2.45, 2.75) is 25.9 Å². The van der Waals surface area contributed by atoms with Crippen LogP contribution < -0.4 is 10.2 Å². The maximum absolute atomic E-state index is 12.4. The summed E-state index contributed by atoms with van der Waals surface area (Å²) in [6.45, 7) is 3.14. The number of aliphatic hydroxyl groups excluding tert-OH is 1. The molecule has 1 heterocycles. The van der Waals surface area contributed by atoms with Crippen LogP contribution in [0.1, 0.15) is 35.7 Å². The average Bonchev–Trinajstić information content (AvgIpc) is 2.67. The van der Waals surface area contributed by atoms with Gasteiger partial charge < -0.3 is 15.3 Å². The normalized spacial score (nSPS) is 15.1. The van der Waals surface area contributed by atoms with E-state index in [1.807, 2.05) is 36.4 Å². The number of nitrogens with zero attached hydrogens (tertiary/aromatic N) is 1. The summed E-state index contributed by atoms with van der Waals surface area (Å²) in [5, 5.41) is 12.3. The lowest BCUT2D eigenvalue weighted by Crippen LogP contribution is -2.35. The molecule has 5 heteroatoms. The third kappa shape index (κ3) is 5.28. The molecule has 0 aromatic heterocycles. The number of allylic oxidation sites excluding steroid dienone is 1. The molecule has 1 amide bonds. The van der Waals surface area contributed by atoms with Crippen LogP contribution in [-0.2, 0) is 4.79 Å². The zero-order valence-corrected chi connectivity index (χ0v) is 15.4. The van der Waals surface area contributed by atoms with Crippen molar-refractivity contribution in [1.29, 1.82) is 0 Å². The third-order valence-electron chi connectivity index (χ3n) is 4.64. The van der Waals surface area contributed by atoms with Gasteiger partial charge in [0.05, 0.1) is 6.10 Å². The Balaban J connectivity index is 1.60. The molecule has 140 valence electrons. The van der Waals surface area contributed by atoms with Crippen molar-refractivity contribution in [3.8, 4) is 0 Å². The number of hydrogen-bond donors (Lipinski definition) is 2. The van der Waals surface area contributed by atoms with Gasteiger partial charge in [0.15, 0.2) is 5.78 Å². The Bertz CT molecular complexity index is 818. The summed E-state index contributed by atoms with van der Waals surface area (Å²) in [6, 6.07) is 14.9. The van der Waals surface area contributed by atoms with Crippen LogP contribution in [-0.4, -0.2) is 36.0 Å². The first-order valence-corrected chi connectivity index (χ1v) is 9.14. The number of rotatable bonds is 5. The Kier molecular flexibility index (Phi) is 6.04. The summed E-state index contributed by atoms with van der Waals surface area (Å²) in [5.41, 5.74) is 3.34.